The molecule has 6 nitrogen and oxygen atoms in total. The van der Waals surface area contributed by atoms with Crippen LogP contribution in [0.2, 0.25) is 5.02 Å². The molecule has 0 spiro atoms. The van der Waals surface area contributed by atoms with Gasteiger partial charge in [-0.25, -0.2) is 0 Å². The van der Waals surface area contributed by atoms with Gasteiger partial charge < -0.3 is 15.3 Å². The van der Waals surface area contributed by atoms with Gasteiger partial charge in [0.15, 0.2) is 0 Å². The number of carboxylic acids is 1. The first-order valence-electron chi connectivity index (χ1n) is 7.93. The summed E-state index contributed by atoms with van der Waals surface area (Å²) in [4.78, 5) is 37.7. The molecule has 1 aromatic carbocycles. The van der Waals surface area contributed by atoms with E-state index in [-0.39, 0.29) is 17.4 Å². The van der Waals surface area contributed by atoms with Crippen LogP contribution in [-0.2, 0) is 4.79 Å². The van der Waals surface area contributed by atoms with Gasteiger partial charge in [0.05, 0.1) is 15.6 Å². The fourth-order valence-corrected chi connectivity index (χ4v) is 3.14. The van der Waals surface area contributed by atoms with E-state index in [9.17, 15) is 14.4 Å². The molecule has 0 saturated heterocycles. The van der Waals surface area contributed by atoms with Crippen molar-refractivity contribution in [1.29, 1.82) is 0 Å². The predicted molar refractivity (Wildman–Crippen MR) is 102 cm³/mol. The maximum absolute atomic E-state index is 12.7. The van der Waals surface area contributed by atoms with E-state index < -0.39 is 18.4 Å². The zero-order chi connectivity index (χ0) is 19.3. The third-order valence-electron chi connectivity index (χ3n) is 3.41. The minimum Gasteiger partial charge on any atom is -0.480 e. The van der Waals surface area contributed by atoms with Crippen molar-refractivity contribution in [3.8, 4) is 0 Å². The number of carboxylic acid groups (broad SMARTS) is 1. The Morgan fingerprint density at radius 2 is 2.00 bits per heavy atom. The number of hydrogen-bond acceptors (Lipinski definition) is 4. The van der Waals surface area contributed by atoms with Gasteiger partial charge in [0.25, 0.3) is 11.8 Å². The molecule has 1 aromatic heterocycles. The largest absolute Gasteiger partial charge is 0.480 e. The number of nitrogens with zero attached hydrogens (tertiary/aromatic N) is 1. The second kappa shape index (κ2) is 8.82. The average molecular weight is 395 g/mol. The lowest BCUT2D eigenvalue weighted by Gasteiger charge is -2.23. The van der Waals surface area contributed by atoms with Crippen LogP contribution in [0, 0.1) is 5.92 Å². The minimum absolute atomic E-state index is 0.114. The Bertz CT molecular complexity index is 806. The average Bonchev–Trinajstić information content (AvgIpc) is 3.09. The van der Waals surface area contributed by atoms with Gasteiger partial charge in [-0.1, -0.05) is 31.5 Å². The Morgan fingerprint density at radius 3 is 2.58 bits per heavy atom. The first-order chi connectivity index (χ1) is 12.3. The van der Waals surface area contributed by atoms with Crippen LogP contribution in [0.1, 0.15) is 33.9 Å². The van der Waals surface area contributed by atoms with Gasteiger partial charge in [0.1, 0.15) is 6.54 Å². The molecule has 138 valence electrons. The summed E-state index contributed by atoms with van der Waals surface area (Å²) in [5.74, 6) is -1.72. The summed E-state index contributed by atoms with van der Waals surface area (Å²) in [5, 5.41) is 13.8. The van der Waals surface area contributed by atoms with E-state index >= 15 is 0 Å². The third-order valence-corrected chi connectivity index (χ3v) is 4.60. The Morgan fingerprint density at radius 1 is 1.27 bits per heavy atom. The van der Waals surface area contributed by atoms with Crippen LogP contribution in [0.3, 0.4) is 0 Å². The molecule has 2 rings (SSSR count). The van der Waals surface area contributed by atoms with Crippen molar-refractivity contribution in [2.75, 3.05) is 18.4 Å². The highest BCUT2D eigenvalue weighted by Gasteiger charge is 2.21. The van der Waals surface area contributed by atoms with E-state index in [0.717, 1.165) is 0 Å². The molecular formula is C18H19ClN2O4S. The van der Waals surface area contributed by atoms with Crippen LogP contribution in [-0.4, -0.2) is 40.9 Å². The normalized spacial score (nSPS) is 10.6. The van der Waals surface area contributed by atoms with Crippen molar-refractivity contribution in [1.82, 2.24) is 4.90 Å². The van der Waals surface area contributed by atoms with E-state index in [4.69, 9.17) is 16.7 Å². The van der Waals surface area contributed by atoms with Crippen LogP contribution >= 0.6 is 22.9 Å². The van der Waals surface area contributed by atoms with E-state index in [1.807, 2.05) is 13.8 Å². The lowest BCUT2D eigenvalue weighted by atomic mass is 10.1. The summed E-state index contributed by atoms with van der Waals surface area (Å²) in [7, 11) is 0. The zero-order valence-corrected chi connectivity index (χ0v) is 15.9. The SMILES string of the molecule is CC(C)CN(CC(=O)O)C(=O)c1ccc(Cl)c(NC(=O)c2cccs2)c1. The molecule has 0 saturated carbocycles. The molecule has 0 aliphatic rings. The standard InChI is InChI=1S/C18H19ClN2O4S/c1-11(2)9-21(10-16(22)23)18(25)12-5-6-13(19)14(8-12)20-17(24)15-4-3-7-26-15/h3-8,11H,9-10H2,1-2H3,(H,20,24)(H,22,23). The second-order valence-electron chi connectivity index (χ2n) is 6.10. The highest BCUT2D eigenvalue weighted by atomic mass is 35.5. The van der Waals surface area contributed by atoms with Crippen LogP contribution in [0.15, 0.2) is 35.7 Å². The van der Waals surface area contributed by atoms with Crippen LogP contribution in [0.25, 0.3) is 0 Å². The van der Waals surface area contributed by atoms with Crippen molar-refractivity contribution in [2.24, 2.45) is 5.92 Å². The van der Waals surface area contributed by atoms with Crippen molar-refractivity contribution in [3.05, 3.63) is 51.2 Å². The Kier molecular flexibility index (Phi) is 6.76. The molecular weight excluding hydrogens is 376 g/mol. The Labute approximate surface area is 160 Å². The number of rotatable bonds is 7. The molecule has 8 heteroatoms. The van der Waals surface area contributed by atoms with Crippen molar-refractivity contribution < 1.29 is 19.5 Å². The fraction of sp³-hybridized carbons (Fsp3) is 0.278. The molecule has 0 atom stereocenters. The monoisotopic (exact) mass is 394 g/mol. The predicted octanol–water partition coefficient (Wildman–Crippen LogP) is 3.84. The number of carbonyl (C=O) groups is 3. The number of halogens is 1. The van der Waals surface area contributed by atoms with Gasteiger partial charge in [-0.2, -0.15) is 0 Å². The summed E-state index contributed by atoms with van der Waals surface area (Å²) in [6.07, 6.45) is 0. The molecule has 2 N–H and O–H groups in total. The summed E-state index contributed by atoms with van der Waals surface area (Å²) in [5.41, 5.74) is 0.563. The van der Waals surface area contributed by atoms with E-state index in [2.05, 4.69) is 5.32 Å². The molecule has 0 radical (unpaired) electrons. The number of anilines is 1. The van der Waals surface area contributed by atoms with Crippen LogP contribution < -0.4 is 5.32 Å². The number of benzene rings is 1. The van der Waals surface area contributed by atoms with Gasteiger partial charge in [-0.05, 0) is 35.6 Å². The molecule has 2 amide bonds. The zero-order valence-electron chi connectivity index (χ0n) is 14.4. The molecule has 26 heavy (non-hydrogen) atoms. The van der Waals surface area contributed by atoms with E-state index in [0.29, 0.717) is 22.1 Å². The van der Waals surface area contributed by atoms with Gasteiger partial charge in [-0.15, -0.1) is 11.3 Å². The Hall–Kier alpha value is -2.38. The van der Waals surface area contributed by atoms with Gasteiger partial charge in [-0.3, -0.25) is 14.4 Å². The summed E-state index contributed by atoms with van der Waals surface area (Å²) in [6, 6.07) is 7.93. The highest BCUT2D eigenvalue weighted by Crippen LogP contribution is 2.25. The number of hydrogen-bond donors (Lipinski definition) is 2. The number of aliphatic carboxylic acids is 1. The topological polar surface area (TPSA) is 86.7 Å². The van der Waals surface area contributed by atoms with Crippen molar-refractivity contribution >= 4 is 46.4 Å². The van der Waals surface area contributed by atoms with Gasteiger partial charge >= 0.3 is 5.97 Å². The second-order valence-corrected chi connectivity index (χ2v) is 7.45. The third kappa shape index (κ3) is 5.31. The van der Waals surface area contributed by atoms with Crippen LogP contribution in [0.4, 0.5) is 5.69 Å². The first kappa shape index (κ1) is 19.9. The van der Waals surface area contributed by atoms with E-state index in [1.165, 1.54) is 34.4 Å². The van der Waals surface area contributed by atoms with Crippen LogP contribution in [0.5, 0.6) is 0 Å². The number of thiophene rings is 1. The van der Waals surface area contributed by atoms with E-state index in [1.54, 1.807) is 17.5 Å². The summed E-state index contributed by atoms with van der Waals surface area (Å²) < 4.78 is 0. The molecule has 0 fully saturated rings. The van der Waals surface area contributed by atoms with Gasteiger partial charge in [0, 0.05) is 12.1 Å². The molecule has 0 unspecified atom stereocenters. The molecule has 0 aliphatic heterocycles. The highest BCUT2D eigenvalue weighted by molar-refractivity contribution is 7.12. The van der Waals surface area contributed by atoms with Crippen molar-refractivity contribution in [3.63, 3.8) is 0 Å². The van der Waals surface area contributed by atoms with Gasteiger partial charge in [0.2, 0.25) is 0 Å². The molecule has 0 bridgehead atoms. The molecule has 2 aromatic rings. The smallest absolute Gasteiger partial charge is 0.323 e. The lowest BCUT2D eigenvalue weighted by Crippen LogP contribution is -2.38. The quantitative estimate of drug-likeness (QED) is 0.747. The summed E-state index contributed by atoms with van der Waals surface area (Å²) in [6.45, 7) is 3.72. The number of amides is 2. The first-order valence-corrected chi connectivity index (χ1v) is 9.19. The maximum atomic E-state index is 12.7. The minimum atomic E-state index is -1.08. The number of nitrogens with one attached hydrogen (secondary N) is 1. The maximum Gasteiger partial charge on any atom is 0.323 e. The Balaban J connectivity index is 2.24. The molecule has 0 aliphatic carbocycles. The lowest BCUT2D eigenvalue weighted by molar-refractivity contribution is -0.137. The number of carbonyl (C=O) groups excluding carboxylic acids is 2. The fourth-order valence-electron chi connectivity index (χ4n) is 2.35. The molecule has 1 heterocycles. The summed E-state index contributed by atoms with van der Waals surface area (Å²) >= 11 is 7.41. The van der Waals surface area contributed by atoms with Crippen molar-refractivity contribution in [2.45, 2.75) is 13.8 Å².